The van der Waals surface area contributed by atoms with Crippen LogP contribution in [0.25, 0.3) is 0 Å². The van der Waals surface area contributed by atoms with Crippen LogP contribution >= 0.6 is 11.6 Å². The molecule has 0 aliphatic heterocycles. The van der Waals surface area contributed by atoms with E-state index in [1.165, 1.54) is 6.07 Å². The van der Waals surface area contributed by atoms with Crippen molar-refractivity contribution in [1.29, 1.82) is 0 Å². The van der Waals surface area contributed by atoms with E-state index in [2.05, 4.69) is 5.32 Å². The van der Waals surface area contributed by atoms with Crippen molar-refractivity contribution >= 4 is 23.5 Å². The van der Waals surface area contributed by atoms with E-state index in [-0.39, 0.29) is 16.9 Å². The van der Waals surface area contributed by atoms with Gasteiger partial charge < -0.3 is 20.3 Å². The van der Waals surface area contributed by atoms with Crippen molar-refractivity contribution in [1.82, 2.24) is 5.32 Å². The number of ether oxygens (including phenoxy) is 1. The van der Waals surface area contributed by atoms with E-state index < -0.39 is 23.7 Å². The summed E-state index contributed by atoms with van der Waals surface area (Å²) in [5.74, 6) is -2.48. The lowest BCUT2D eigenvalue weighted by molar-refractivity contribution is -0.137. The van der Waals surface area contributed by atoms with Gasteiger partial charge in [-0.2, -0.15) is 13.2 Å². The molecule has 0 saturated carbocycles. The first kappa shape index (κ1) is 26.0. The number of halogens is 4. The van der Waals surface area contributed by atoms with Gasteiger partial charge >= 0.3 is 18.1 Å². The average Bonchev–Trinajstić information content (AvgIpc) is 2.71. The Bertz CT molecular complexity index is 872. The fourth-order valence-electron chi connectivity index (χ4n) is 2.30. The first-order valence-corrected chi connectivity index (χ1v) is 9.29. The van der Waals surface area contributed by atoms with Gasteiger partial charge in [0.25, 0.3) is 0 Å². The van der Waals surface area contributed by atoms with E-state index in [4.69, 9.17) is 26.6 Å². The van der Waals surface area contributed by atoms with Gasteiger partial charge in [0, 0.05) is 18.6 Å². The standard InChI is InChI=1S/C17H17ClF3NO.C4H4O4/c1-22-10-9-15(12-5-3-2-4-6-12)23-16-11-13(17(19,20)21)7-8-14(16)18;5-3(6)1-2-4(7)8/h2-8,11,15,22H,9-10H2,1H3;1-2H,(H,5,6)(H,7,8). The van der Waals surface area contributed by atoms with Crippen LogP contribution < -0.4 is 10.1 Å². The third kappa shape index (κ3) is 10.0. The number of carbonyl (C=O) groups is 2. The number of hydrogen-bond donors (Lipinski definition) is 3. The number of carboxylic acids is 2. The van der Waals surface area contributed by atoms with Crippen molar-refractivity contribution in [3.8, 4) is 5.75 Å². The Morgan fingerprint density at radius 1 is 1.10 bits per heavy atom. The number of nitrogens with one attached hydrogen (secondary N) is 1. The second-order valence-electron chi connectivity index (χ2n) is 6.06. The molecule has 10 heteroatoms. The maximum atomic E-state index is 12.9. The maximum absolute atomic E-state index is 12.9. The van der Waals surface area contributed by atoms with Gasteiger partial charge in [0.05, 0.1) is 10.6 Å². The molecule has 0 spiro atoms. The summed E-state index contributed by atoms with van der Waals surface area (Å²) in [6.45, 7) is 0.663. The van der Waals surface area contributed by atoms with Gasteiger partial charge in [-0.1, -0.05) is 41.9 Å². The van der Waals surface area contributed by atoms with E-state index in [1.54, 1.807) is 7.05 Å². The highest BCUT2D eigenvalue weighted by Gasteiger charge is 2.31. The van der Waals surface area contributed by atoms with Gasteiger partial charge in [0.2, 0.25) is 0 Å². The molecule has 0 radical (unpaired) electrons. The van der Waals surface area contributed by atoms with E-state index in [0.29, 0.717) is 25.1 Å². The molecule has 0 bridgehead atoms. The minimum absolute atomic E-state index is 0.0337. The molecule has 0 aliphatic carbocycles. The molecular formula is C21H21ClF3NO5. The normalized spacial score (nSPS) is 12.0. The molecule has 2 aromatic rings. The molecule has 0 aromatic heterocycles. The summed E-state index contributed by atoms with van der Waals surface area (Å²) >= 11 is 6.00. The lowest BCUT2D eigenvalue weighted by Crippen LogP contribution is -2.16. The van der Waals surface area contributed by atoms with Crippen LogP contribution in [-0.2, 0) is 15.8 Å². The first-order valence-electron chi connectivity index (χ1n) is 8.91. The monoisotopic (exact) mass is 459 g/mol. The molecule has 1 unspecified atom stereocenters. The van der Waals surface area contributed by atoms with Gasteiger partial charge in [0.1, 0.15) is 11.9 Å². The minimum Gasteiger partial charge on any atom is -0.484 e. The molecule has 2 rings (SSSR count). The lowest BCUT2D eigenvalue weighted by atomic mass is 10.1. The molecule has 0 aliphatic rings. The SMILES string of the molecule is CNCCC(Oc1cc(C(F)(F)F)ccc1Cl)c1ccccc1.O=C(O)C=CC(=O)O. The zero-order valence-corrected chi connectivity index (χ0v) is 17.2. The summed E-state index contributed by atoms with van der Waals surface area (Å²) in [6.07, 6.45) is -3.10. The molecule has 0 saturated heterocycles. The maximum Gasteiger partial charge on any atom is 0.416 e. The van der Waals surface area contributed by atoms with Crippen LogP contribution in [0.2, 0.25) is 5.02 Å². The summed E-state index contributed by atoms with van der Waals surface area (Å²) in [4.78, 5) is 19.1. The zero-order chi connectivity index (χ0) is 23.4. The Kier molecular flexibility index (Phi) is 10.6. The Labute approximate surface area is 181 Å². The first-order chi connectivity index (χ1) is 14.5. The second kappa shape index (κ2) is 12.6. The van der Waals surface area contributed by atoms with E-state index in [1.807, 2.05) is 30.3 Å². The Morgan fingerprint density at radius 3 is 2.16 bits per heavy atom. The number of aliphatic carboxylic acids is 2. The molecular weight excluding hydrogens is 439 g/mol. The van der Waals surface area contributed by atoms with Gasteiger partial charge in [-0.3, -0.25) is 0 Å². The largest absolute Gasteiger partial charge is 0.484 e. The number of carboxylic acid groups (broad SMARTS) is 2. The quantitative estimate of drug-likeness (QED) is 0.491. The van der Waals surface area contributed by atoms with Crippen molar-refractivity contribution < 1.29 is 37.7 Å². The van der Waals surface area contributed by atoms with Crippen molar-refractivity contribution in [2.45, 2.75) is 18.7 Å². The predicted molar refractivity (Wildman–Crippen MR) is 109 cm³/mol. The van der Waals surface area contributed by atoms with Gasteiger partial charge in [-0.05, 0) is 37.4 Å². The van der Waals surface area contributed by atoms with Crippen LogP contribution in [0.5, 0.6) is 5.75 Å². The molecule has 6 nitrogen and oxygen atoms in total. The fraction of sp³-hybridized carbons (Fsp3) is 0.238. The lowest BCUT2D eigenvalue weighted by Gasteiger charge is -2.21. The fourth-order valence-corrected chi connectivity index (χ4v) is 2.46. The number of alkyl halides is 3. The van der Waals surface area contributed by atoms with Gasteiger partial charge in [0.15, 0.2) is 0 Å². The Morgan fingerprint density at radius 2 is 1.68 bits per heavy atom. The highest BCUT2D eigenvalue weighted by Crippen LogP contribution is 2.37. The van der Waals surface area contributed by atoms with Crippen molar-refractivity contribution in [3.63, 3.8) is 0 Å². The van der Waals surface area contributed by atoms with Crippen LogP contribution in [0.1, 0.15) is 23.7 Å². The summed E-state index contributed by atoms with van der Waals surface area (Å²) < 4.78 is 44.4. The van der Waals surface area contributed by atoms with Gasteiger partial charge in [-0.25, -0.2) is 9.59 Å². The highest BCUT2D eigenvalue weighted by atomic mass is 35.5. The summed E-state index contributed by atoms with van der Waals surface area (Å²) in [6, 6.07) is 12.4. The van der Waals surface area contributed by atoms with E-state index in [0.717, 1.165) is 17.7 Å². The van der Waals surface area contributed by atoms with Crippen LogP contribution in [0, 0.1) is 0 Å². The third-order valence-corrected chi connectivity index (χ3v) is 4.04. The summed E-state index contributed by atoms with van der Waals surface area (Å²) in [5.41, 5.74) is 0.105. The average molecular weight is 460 g/mol. The highest BCUT2D eigenvalue weighted by molar-refractivity contribution is 6.32. The molecule has 0 heterocycles. The molecule has 31 heavy (non-hydrogen) atoms. The second-order valence-corrected chi connectivity index (χ2v) is 6.47. The summed E-state index contributed by atoms with van der Waals surface area (Å²) in [7, 11) is 1.80. The molecule has 0 amide bonds. The van der Waals surface area contributed by atoms with Crippen molar-refractivity contribution in [2.75, 3.05) is 13.6 Å². The van der Waals surface area contributed by atoms with Crippen LogP contribution in [0.4, 0.5) is 13.2 Å². The minimum atomic E-state index is -4.43. The molecule has 1 atom stereocenters. The molecule has 3 N–H and O–H groups in total. The van der Waals surface area contributed by atoms with Crippen molar-refractivity contribution in [3.05, 3.63) is 76.8 Å². The molecule has 168 valence electrons. The number of rotatable bonds is 8. The van der Waals surface area contributed by atoms with E-state index in [9.17, 15) is 22.8 Å². The number of benzene rings is 2. The van der Waals surface area contributed by atoms with Crippen LogP contribution in [0.3, 0.4) is 0 Å². The topological polar surface area (TPSA) is 95.9 Å². The smallest absolute Gasteiger partial charge is 0.416 e. The Balaban J connectivity index is 0.000000512. The van der Waals surface area contributed by atoms with Crippen molar-refractivity contribution in [2.24, 2.45) is 0 Å². The van der Waals surface area contributed by atoms with Gasteiger partial charge in [-0.15, -0.1) is 0 Å². The predicted octanol–water partition coefficient (Wildman–Crippen LogP) is 4.80. The van der Waals surface area contributed by atoms with Crippen LogP contribution in [0.15, 0.2) is 60.7 Å². The van der Waals surface area contributed by atoms with E-state index >= 15 is 0 Å². The molecule has 0 fully saturated rings. The zero-order valence-electron chi connectivity index (χ0n) is 16.4. The third-order valence-electron chi connectivity index (χ3n) is 3.72. The van der Waals surface area contributed by atoms with Crippen LogP contribution in [-0.4, -0.2) is 35.7 Å². The number of hydrogen-bond acceptors (Lipinski definition) is 4. The Hall–Kier alpha value is -3.04. The summed E-state index contributed by atoms with van der Waals surface area (Å²) in [5, 5.41) is 18.8. The molecule has 2 aromatic carbocycles.